The number of carbonyl (C=O) groups is 2. The molecule has 30 heavy (non-hydrogen) atoms. The lowest BCUT2D eigenvalue weighted by atomic mass is 10.1. The van der Waals surface area contributed by atoms with Crippen LogP contribution in [0.5, 0.6) is 0 Å². The maximum atomic E-state index is 12.6. The van der Waals surface area contributed by atoms with Crippen LogP contribution in [0.25, 0.3) is 16.9 Å². The summed E-state index contributed by atoms with van der Waals surface area (Å²) < 4.78 is 1.74. The summed E-state index contributed by atoms with van der Waals surface area (Å²) in [6.45, 7) is 0. The summed E-state index contributed by atoms with van der Waals surface area (Å²) >= 11 is 0. The average Bonchev–Trinajstić information content (AvgIpc) is 3.34. The molecule has 3 heterocycles. The lowest BCUT2D eigenvalue weighted by Crippen LogP contribution is -2.24. The van der Waals surface area contributed by atoms with Gasteiger partial charge in [0.05, 0.1) is 23.0 Å². The maximum absolute atomic E-state index is 12.6. The summed E-state index contributed by atoms with van der Waals surface area (Å²) in [5.41, 5.74) is 3.78. The Bertz CT molecular complexity index is 1240. The molecule has 4 aromatic rings. The molecule has 0 saturated heterocycles. The van der Waals surface area contributed by atoms with E-state index in [0.717, 1.165) is 16.3 Å². The van der Waals surface area contributed by atoms with Gasteiger partial charge in [-0.3, -0.25) is 14.6 Å². The van der Waals surface area contributed by atoms with Gasteiger partial charge in [-0.25, -0.2) is 4.68 Å². The predicted octanol–water partition coefficient (Wildman–Crippen LogP) is 3.56. The van der Waals surface area contributed by atoms with Gasteiger partial charge in [0.1, 0.15) is 5.69 Å². The summed E-state index contributed by atoms with van der Waals surface area (Å²) in [5.74, 6) is -0.875. The Morgan fingerprint density at radius 1 is 0.800 bits per heavy atom. The standard InChI is InChI=1S/C23H15N5O2/c29-22-19-8-4-5-9-20(19)23(30)28(22)25-14-17-15-27(18-6-2-1-3-7-18)26-21(17)16-10-12-24-13-11-16/h1-15H/b25-14-. The largest absolute Gasteiger partial charge is 0.282 e. The van der Waals surface area contributed by atoms with Crippen molar-refractivity contribution in [2.45, 2.75) is 0 Å². The monoisotopic (exact) mass is 393 g/mol. The third-order valence-electron chi connectivity index (χ3n) is 4.80. The third-order valence-corrected chi connectivity index (χ3v) is 4.80. The van der Waals surface area contributed by atoms with Crippen molar-refractivity contribution in [2.75, 3.05) is 0 Å². The van der Waals surface area contributed by atoms with Crippen LogP contribution in [-0.2, 0) is 0 Å². The summed E-state index contributed by atoms with van der Waals surface area (Å²) in [4.78, 5) is 29.2. The Kier molecular flexibility index (Phi) is 4.25. The van der Waals surface area contributed by atoms with Crippen LogP contribution in [0.15, 0.2) is 90.4 Å². The quantitative estimate of drug-likeness (QED) is 0.392. The fourth-order valence-electron chi connectivity index (χ4n) is 3.33. The molecule has 0 atom stereocenters. The fraction of sp³-hybridized carbons (Fsp3) is 0. The van der Waals surface area contributed by atoms with Crippen molar-refractivity contribution >= 4 is 18.0 Å². The van der Waals surface area contributed by atoms with Crippen molar-refractivity contribution in [3.63, 3.8) is 0 Å². The fourth-order valence-corrected chi connectivity index (χ4v) is 3.33. The first-order valence-electron chi connectivity index (χ1n) is 9.29. The Morgan fingerprint density at radius 3 is 2.10 bits per heavy atom. The highest BCUT2D eigenvalue weighted by Gasteiger charge is 2.35. The van der Waals surface area contributed by atoms with E-state index in [1.165, 1.54) is 6.21 Å². The maximum Gasteiger partial charge on any atom is 0.282 e. The van der Waals surface area contributed by atoms with Crippen molar-refractivity contribution < 1.29 is 9.59 Å². The number of hydrogen-bond donors (Lipinski definition) is 0. The zero-order valence-corrected chi connectivity index (χ0v) is 15.7. The first-order valence-corrected chi connectivity index (χ1v) is 9.29. The van der Waals surface area contributed by atoms with Crippen LogP contribution in [0.2, 0.25) is 0 Å². The molecule has 0 saturated carbocycles. The topological polar surface area (TPSA) is 80.5 Å². The van der Waals surface area contributed by atoms with Gasteiger partial charge in [-0.05, 0) is 36.4 Å². The molecule has 0 bridgehead atoms. The summed E-state index contributed by atoms with van der Waals surface area (Å²) in [6.07, 6.45) is 6.67. The number of hydrazone groups is 1. The second kappa shape index (κ2) is 7.21. The third kappa shape index (κ3) is 2.98. The molecular weight excluding hydrogens is 378 g/mol. The van der Waals surface area contributed by atoms with Gasteiger partial charge in [0.2, 0.25) is 0 Å². The van der Waals surface area contributed by atoms with Gasteiger partial charge in [0.25, 0.3) is 11.8 Å². The minimum absolute atomic E-state index is 0.356. The van der Waals surface area contributed by atoms with Crippen LogP contribution < -0.4 is 0 Å². The normalized spacial score (nSPS) is 13.3. The van der Waals surface area contributed by atoms with Gasteiger partial charge in [0, 0.05) is 29.7 Å². The summed E-state index contributed by atoms with van der Waals surface area (Å²) in [7, 11) is 0. The van der Waals surface area contributed by atoms with Gasteiger partial charge >= 0.3 is 0 Å². The Balaban J connectivity index is 1.55. The van der Waals surface area contributed by atoms with Gasteiger partial charge in [0.15, 0.2) is 0 Å². The zero-order chi connectivity index (χ0) is 20.5. The SMILES string of the molecule is O=C1c2ccccc2C(=O)N1/N=C\c1cn(-c2ccccc2)nc1-c1ccncc1. The highest BCUT2D eigenvalue weighted by atomic mass is 16.2. The molecular formula is C23H15N5O2. The first kappa shape index (κ1) is 17.7. The minimum atomic E-state index is -0.437. The van der Waals surface area contributed by atoms with Gasteiger partial charge in [-0.15, -0.1) is 0 Å². The Hall–Kier alpha value is -4.39. The molecule has 1 aliphatic heterocycles. The van der Waals surface area contributed by atoms with Crippen molar-refractivity contribution in [1.82, 2.24) is 19.8 Å². The van der Waals surface area contributed by atoms with Crippen LogP contribution in [0, 0.1) is 0 Å². The van der Waals surface area contributed by atoms with E-state index in [-0.39, 0.29) is 0 Å². The van der Waals surface area contributed by atoms with E-state index in [9.17, 15) is 9.59 Å². The number of amides is 2. The van der Waals surface area contributed by atoms with Crippen molar-refractivity contribution in [1.29, 1.82) is 0 Å². The zero-order valence-electron chi connectivity index (χ0n) is 15.7. The molecule has 0 N–H and O–H groups in total. The molecule has 7 nitrogen and oxygen atoms in total. The molecule has 2 aromatic carbocycles. The van der Waals surface area contributed by atoms with Gasteiger partial charge in [-0.1, -0.05) is 30.3 Å². The second-order valence-electron chi connectivity index (χ2n) is 6.66. The van der Waals surface area contributed by atoms with Crippen LogP contribution in [0.3, 0.4) is 0 Å². The van der Waals surface area contributed by atoms with E-state index in [1.54, 1.807) is 41.3 Å². The minimum Gasteiger partial charge on any atom is -0.267 e. The number of fused-ring (bicyclic) bond motifs is 1. The lowest BCUT2D eigenvalue weighted by molar-refractivity contribution is 0.0660. The Labute approximate surface area is 171 Å². The van der Waals surface area contributed by atoms with E-state index < -0.39 is 11.8 Å². The van der Waals surface area contributed by atoms with Crippen molar-refractivity contribution in [3.8, 4) is 16.9 Å². The van der Waals surface area contributed by atoms with E-state index in [0.29, 0.717) is 22.4 Å². The van der Waals surface area contributed by atoms with E-state index in [4.69, 9.17) is 0 Å². The molecule has 2 amide bonds. The molecule has 1 aliphatic rings. The predicted molar refractivity (Wildman–Crippen MR) is 111 cm³/mol. The van der Waals surface area contributed by atoms with E-state index >= 15 is 0 Å². The van der Waals surface area contributed by atoms with Crippen LogP contribution in [-0.4, -0.2) is 37.8 Å². The van der Waals surface area contributed by atoms with Crippen LogP contribution in [0.1, 0.15) is 26.3 Å². The van der Waals surface area contributed by atoms with E-state index in [1.807, 2.05) is 48.7 Å². The molecule has 5 rings (SSSR count). The number of benzene rings is 2. The molecule has 0 radical (unpaired) electrons. The highest BCUT2D eigenvalue weighted by Crippen LogP contribution is 2.25. The van der Waals surface area contributed by atoms with Crippen LogP contribution in [0.4, 0.5) is 0 Å². The molecule has 144 valence electrons. The Morgan fingerprint density at radius 2 is 1.43 bits per heavy atom. The number of para-hydroxylation sites is 1. The number of aromatic nitrogens is 3. The molecule has 0 spiro atoms. The summed E-state index contributed by atoms with van der Waals surface area (Å²) in [5, 5.41) is 9.78. The van der Waals surface area contributed by atoms with Gasteiger partial charge in [-0.2, -0.15) is 15.2 Å². The van der Waals surface area contributed by atoms with Crippen LogP contribution >= 0.6 is 0 Å². The summed E-state index contributed by atoms with van der Waals surface area (Å²) in [6, 6.07) is 20.1. The van der Waals surface area contributed by atoms with Gasteiger partial charge < -0.3 is 0 Å². The number of pyridine rings is 1. The van der Waals surface area contributed by atoms with Crippen molar-refractivity contribution in [2.24, 2.45) is 5.10 Å². The smallest absolute Gasteiger partial charge is 0.267 e. The number of rotatable bonds is 4. The average molecular weight is 393 g/mol. The molecule has 2 aromatic heterocycles. The van der Waals surface area contributed by atoms with Crippen molar-refractivity contribution in [3.05, 3.63) is 102 Å². The van der Waals surface area contributed by atoms with E-state index in [2.05, 4.69) is 15.2 Å². The number of nitrogens with zero attached hydrogens (tertiary/aromatic N) is 5. The number of carbonyl (C=O) groups excluding carboxylic acids is 2. The highest BCUT2D eigenvalue weighted by molar-refractivity contribution is 6.21. The first-order chi connectivity index (χ1) is 14.7. The molecule has 7 heteroatoms. The number of imide groups is 1. The number of hydrogen-bond acceptors (Lipinski definition) is 5. The molecule has 0 fully saturated rings. The molecule has 0 unspecified atom stereocenters. The lowest BCUT2D eigenvalue weighted by Gasteiger charge is -2.05. The second-order valence-corrected chi connectivity index (χ2v) is 6.66. The molecule has 0 aliphatic carbocycles.